The van der Waals surface area contributed by atoms with E-state index in [1.165, 1.54) is 21.0 Å². The Hall–Kier alpha value is -2.41. The van der Waals surface area contributed by atoms with Gasteiger partial charge in [0.1, 0.15) is 0 Å². The second-order valence-electron chi connectivity index (χ2n) is 4.59. The van der Waals surface area contributed by atoms with Crippen LogP contribution in [-0.4, -0.2) is 21.9 Å². The number of carbonyl (C=O) groups is 2. The van der Waals surface area contributed by atoms with Crippen LogP contribution < -0.4 is 10.2 Å². The number of imidazole rings is 1. The Morgan fingerprint density at radius 2 is 1.87 bits per heavy atom. The van der Waals surface area contributed by atoms with Crippen molar-refractivity contribution in [2.45, 2.75) is 33.1 Å². The predicted octanol–water partition coefficient (Wildman–Crippen LogP) is 0.229. The van der Waals surface area contributed by atoms with Gasteiger partial charge in [-0.1, -0.05) is 13.8 Å². The van der Waals surface area contributed by atoms with Gasteiger partial charge in [-0.15, -0.1) is 11.3 Å². The molecule has 7 heteroatoms. The molecule has 23 heavy (non-hydrogen) atoms. The summed E-state index contributed by atoms with van der Waals surface area (Å²) in [6.07, 6.45) is 7.68. The monoisotopic (exact) mass is 334 g/mol. The molecule has 2 rings (SSSR count). The zero-order valence-electron chi connectivity index (χ0n) is 13.0. The number of hydrogen-bond acceptors (Lipinski definition) is 6. The minimum absolute atomic E-state index is 0.384. The molecule has 0 amide bonds. The van der Waals surface area contributed by atoms with Gasteiger partial charge < -0.3 is 24.8 Å². The van der Waals surface area contributed by atoms with Gasteiger partial charge in [-0.3, -0.25) is 0 Å². The van der Waals surface area contributed by atoms with Crippen molar-refractivity contribution in [3.8, 4) is 0 Å². The first kappa shape index (κ1) is 18.6. The fourth-order valence-corrected chi connectivity index (χ4v) is 2.94. The van der Waals surface area contributed by atoms with E-state index in [2.05, 4.69) is 29.9 Å². The predicted molar refractivity (Wildman–Crippen MR) is 83.6 cm³/mol. The second kappa shape index (κ2) is 9.58. The molecule has 2 aromatic rings. The van der Waals surface area contributed by atoms with Crippen LogP contribution in [0.15, 0.2) is 30.7 Å². The van der Waals surface area contributed by atoms with Gasteiger partial charge in [0.15, 0.2) is 0 Å². The molecule has 124 valence electrons. The molecule has 0 fully saturated rings. The van der Waals surface area contributed by atoms with Crippen LogP contribution in [0, 0.1) is 0 Å². The van der Waals surface area contributed by atoms with Gasteiger partial charge in [0.25, 0.3) is 0 Å². The summed E-state index contributed by atoms with van der Waals surface area (Å²) in [5, 5.41) is 18.8. The number of aryl methyl sites for hydroxylation is 2. The molecule has 2 aromatic heterocycles. The fourth-order valence-electron chi connectivity index (χ4n) is 1.87. The van der Waals surface area contributed by atoms with E-state index < -0.39 is 11.9 Å². The molecule has 0 unspecified atom stereocenters. The molecular weight excluding hydrogens is 316 g/mol. The van der Waals surface area contributed by atoms with E-state index in [-0.39, 0.29) is 0 Å². The van der Waals surface area contributed by atoms with Gasteiger partial charge in [0, 0.05) is 28.1 Å². The third-order valence-corrected chi connectivity index (χ3v) is 4.37. The number of carboxylic acid groups (broad SMARTS) is 2. The van der Waals surface area contributed by atoms with E-state index in [4.69, 9.17) is 0 Å². The molecule has 1 N–H and O–H groups in total. The molecule has 0 atom stereocenters. The van der Waals surface area contributed by atoms with Crippen molar-refractivity contribution in [2.24, 2.45) is 0 Å². The average molecular weight is 334 g/mol. The summed E-state index contributed by atoms with van der Waals surface area (Å²) in [5.41, 5.74) is 2.66. The van der Waals surface area contributed by atoms with E-state index in [0.717, 1.165) is 19.3 Å². The van der Waals surface area contributed by atoms with Crippen molar-refractivity contribution < 1.29 is 19.8 Å². The van der Waals surface area contributed by atoms with E-state index in [9.17, 15) is 19.8 Å². The van der Waals surface area contributed by atoms with Crippen molar-refractivity contribution in [3.05, 3.63) is 51.8 Å². The number of aliphatic carboxylic acids is 2. The number of rotatable bonds is 6. The molecule has 0 radical (unpaired) electrons. The largest absolute Gasteiger partial charge is 0.545 e. The Bertz CT molecular complexity index is 644. The van der Waals surface area contributed by atoms with E-state index >= 15 is 0 Å². The molecule has 0 aromatic carbocycles. The van der Waals surface area contributed by atoms with E-state index in [0.29, 0.717) is 12.2 Å². The average Bonchev–Trinajstić information content (AvgIpc) is 3.15. The molecule has 0 aliphatic rings. The van der Waals surface area contributed by atoms with Crippen molar-refractivity contribution in [1.29, 1.82) is 0 Å². The summed E-state index contributed by atoms with van der Waals surface area (Å²) in [6, 6.07) is 2.34. The summed E-state index contributed by atoms with van der Waals surface area (Å²) >= 11 is 1.95. The lowest BCUT2D eigenvalue weighted by atomic mass is 10.1. The number of carboxylic acids is 2. The topological polar surface area (TPSA) is 109 Å². The molecule has 0 saturated heterocycles. The maximum absolute atomic E-state index is 9.41. The number of nitrogens with one attached hydrogen (secondary N) is 1. The highest BCUT2D eigenvalue weighted by Crippen LogP contribution is 2.25. The minimum atomic E-state index is -1.55. The van der Waals surface area contributed by atoms with Crippen LogP contribution in [0.1, 0.15) is 34.9 Å². The van der Waals surface area contributed by atoms with Gasteiger partial charge in [-0.25, -0.2) is 4.98 Å². The molecule has 0 aliphatic carbocycles. The van der Waals surface area contributed by atoms with Crippen molar-refractivity contribution in [3.63, 3.8) is 0 Å². The smallest absolute Gasteiger partial charge is 0.0921 e. The summed E-state index contributed by atoms with van der Waals surface area (Å²) in [4.78, 5) is 29.0. The fraction of sp³-hybridized carbons (Fsp3) is 0.312. The number of aromatic nitrogens is 2. The number of nitrogens with zero attached hydrogens (tertiary/aromatic N) is 1. The summed E-state index contributed by atoms with van der Waals surface area (Å²) in [7, 11) is 0. The van der Waals surface area contributed by atoms with Crippen molar-refractivity contribution in [1.82, 2.24) is 9.97 Å². The second-order valence-corrected chi connectivity index (χ2v) is 5.81. The molecule has 2 heterocycles. The zero-order chi connectivity index (χ0) is 17.2. The minimum Gasteiger partial charge on any atom is -0.545 e. The quantitative estimate of drug-likeness (QED) is 0.761. The molecule has 0 saturated carbocycles. The molecule has 0 aliphatic heterocycles. The summed E-state index contributed by atoms with van der Waals surface area (Å²) in [5.74, 6) is -3.09. The highest BCUT2D eigenvalue weighted by atomic mass is 32.1. The third kappa shape index (κ3) is 6.92. The zero-order valence-corrected chi connectivity index (χ0v) is 13.8. The molecule has 6 nitrogen and oxygen atoms in total. The standard InChI is InChI=1S/C12H16N2S.C4H4O4/c1-3-11-6-9(12(4-2)15-11)5-10-7-13-8-14-10;5-3(6)1-2-4(7)8/h6-8H,3-5H2,1-2H3,(H,13,14);1-2H,(H,5,6)(H,7,8)/p-2/b;2-1+. The van der Waals surface area contributed by atoms with Crippen molar-refractivity contribution >= 4 is 23.3 Å². The molecular formula is C16H18N2O4S-2. The highest BCUT2D eigenvalue weighted by molar-refractivity contribution is 7.12. The van der Waals surface area contributed by atoms with Crippen LogP contribution in [0.2, 0.25) is 0 Å². The Balaban J connectivity index is 0.000000284. The maximum atomic E-state index is 9.41. The van der Waals surface area contributed by atoms with Crippen LogP contribution in [0.3, 0.4) is 0 Å². The van der Waals surface area contributed by atoms with Gasteiger partial charge in [-0.2, -0.15) is 0 Å². The van der Waals surface area contributed by atoms with Crippen LogP contribution in [0.4, 0.5) is 0 Å². The number of H-pyrrole nitrogens is 1. The lowest BCUT2D eigenvalue weighted by Crippen LogP contribution is -2.23. The summed E-state index contributed by atoms with van der Waals surface area (Å²) < 4.78 is 0. The van der Waals surface area contributed by atoms with Gasteiger partial charge in [0.2, 0.25) is 0 Å². The van der Waals surface area contributed by atoms with Gasteiger partial charge in [0.05, 0.1) is 18.3 Å². The Labute approximate surface area is 138 Å². The number of aromatic amines is 1. The molecule has 0 spiro atoms. The van der Waals surface area contributed by atoms with Crippen LogP contribution in [0.5, 0.6) is 0 Å². The van der Waals surface area contributed by atoms with Crippen molar-refractivity contribution in [2.75, 3.05) is 0 Å². The summed E-state index contributed by atoms with van der Waals surface area (Å²) in [6.45, 7) is 4.44. The van der Waals surface area contributed by atoms with E-state index in [1.807, 2.05) is 17.5 Å². The van der Waals surface area contributed by atoms with Crippen LogP contribution >= 0.6 is 11.3 Å². The first-order valence-electron chi connectivity index (χ1n) is 7.13. The first-order valence-corrected chi connectivity index (χ1v) is 7.95. The number of thiophene rings is 1. The lowest BCUT2D eigenvalue weighted by molar-refractivity contribution is -0.301. The Morgan fingerprint density at radius 3 is 2.30 bits per heavy atom. The Kier molecular flexibility index (Phi) is 7.76. The Morgan fingerprint density at radius 1 is 1.22 bits per heavy atom. The van der Waals surface area contributed by atoms with Gasteiger partial charge in [-0.05, 0) is 36.6 Å². The SMILES string of the molecule is CCc1cc(Cc2cnc[nH]2)c(CC)s1.O=C([O-])/C=C/C(=O)[O-]. The number of carbonyl (C=O) groups excluding carboxylic acids is 2. The number of hydrogen-bond donors (Lipinski definition) is 1. The van der Waals surface area contributed by atoms with Gasteiger partial charge >= 0.3 is 0 Å². The highest BCUT2D eigenvalue weighted by Gasteiger charge is 2.07. The third-order valence-electron chi connectivity index (χ3n) is 2.91. The normalized spacial score (nSPS) is 10.3. The van der Waals surface area contributed by atoms with Crippen LogP contribution in [-0.2, 0) is 28.9 Å². The lowest BCUT2D eigenvalue weighted by Gasteiger charge is -1.98. The van der Waals surface area contributed by atoms with E-state index in [1.54, 1.807) is 6.33 Å². The maximum Gasteiger partial charge on any atom is 0.0921 e. The first-order chi connectivity index (χ1) is 11.0. The van der Waals surface area contributed by atoms with Crippen LogP contribution in [0.25, 0.3) is 0 Å². The molecule has 0 bridgehead atoms.